The van der Waals surface area contributed by atoms with Gasteiger partial charge in [-0.25, -0.2) is 14.2 Å². The van der Waals surface area contributed by atoms with Gasteiger partial charge in [-0.3, -0.25) is 4.90 Å². The van der Waals surface area contributed by atoms with Crippen LogP contribution in [0, 0.1) is 24.6 Å². The summed E-state index contributed by atoms with van der Waals surface area (Å²) in [5.74, 6) is 1.54. The number of nitrogens with zero attached hydrogens (tertiary/aromatic N) is 4. The first-order valence-electron chi connectivity index (χ1n) is 15.5. The molecule has 3 aromatic rings. The topological polar surface area (TPSA) is 89.0 Å². The number of halogens is 1. The SMILES string of the molecule is CCCCN(C(=O)OC(c1cccc(OC)c1C)C(C)C)c1ccnc(Nc2ccc(OCC3CCCN(C)C3)c(F)c2)n1. The van der Waals surface area contributed by atoms with Gasteiger partial charge in [0.2, 0.25) is 5.95 Å². The van der Waals surface area contributed by atoms with Gasteiger partial charge in [-0.2, -0.15) is 4.98 Å². The van der Waals surface area contributed by atoms with Crippen LogP contribution in [0.25, 0.3) is 0 Å². The Morgan fingerprint density at radius 1 is 1.20 bits per heavy atom. The molecule has 0 saturated carbocycles. The van der Waals surface area contributed by atoms with Crippen LogP contribution < -0.4 is 19.7 Å². The lowest BCUT2D eigenvalue weighted by Gasteiger charge is -2.29. The highest BCUT2D eigenvalue weighted by molar-refractivity contribution is 5.86. The minimum atomic E-state index is -0.499. The Morgan fingerprint density at radius 3 is 2.73 bits per heavy atom. The van der Waals surface area contributed by atoms with E-state index in [0.717, 1.165) is 55.6 Å². The van der Waals surface area contributed by atoms with Gasteiger partial charge in [0.1, 0.15) is 17.7 Å². The maximum atomic E-state index is 14.9. The van der Waals surface area contributed by atoms with Gasteiger partial charge >= 0.3 is 6.09 Å². The lowest BCUT2D eigenvalue weighted by atomic mass is 9.94. The average Bonchev–Trinajstić information content (AvgIpc) is 3.00. The van der Waals surface area contributed by atoms with E-state index >= 15 is 0 Å². The Balaban J connectivity index is 1.48. The number of aromatic nitrogens is 2. The molecule has 1 N–H and O–H groups in total. The first kappa shape index (κ1) is 33.0. The largest absolute Gasteiger partial charge is 0.496 e. The summed E-state index contributed by atoms with van der Waals surface area (Å²) in [7, 11) is 3.73. The number of carbonyl (C=O) groups excluding carboxylic acids is 1. The number of piperidine rings is 1. The monoisotopic (exact) mass is 607 g/mol. The second kappa shape index (κ2) is 15.7. The van der Waals surface area contributed by atoms with Gasteiger partial charge in [0.25, 0.3) is 0 Å². The molecular formula is C34H46FN5O4. The van der Waals surface area contributed by atoms with Gasteiger partial charge in [0, 0.05) is 37.0 Å². The van der Waals surface area contributed by atoms with Gasteiger partial charge in [-0.15, -0.1) is 0 Å². The fourth-order valence-corrected chi connectivity index (χ4v) is 5.51. The van der Waals surface area contributed by atoms with Crippen molar-refractivity contribution in [3.8, 4) is 11.5 Å². The van der Waals surface area contributed by atoms with Gasteiger partial charge < -0.3 is 24.4 Å². The van der Waals surface area contributed by atoms with Crippen LogP contribution in [-0.2, 0) is 4.74 Å². The number of likely N-dealkylation sites (tertiary alicyclic amines) is 1. The molecule has 238 valence electrons. The third kappa shape index (κ3) is 8.59. The van der Waals surface area contributed by atoms with Crippen LogP contribution in [0.1, 0.15) is 63.7 Å². The van der Waals surface area contributed by atoms with Gasteiger partial charge in [0.05, 0.1) is 13.7 Å². The molecule has 1 aliphatic rings. The number of hydrogen-bond acceptors (Lipinski definition) is 8. The van der Waals surface area contributed by atoms with Crippen LogP contribution in [0.5, 0.6) is 11.5 Å². The zero-order valence-corrected chi connectivity index (χ0v) is 26.8. The van der Waals surface area contributed by atoms with E-state index in [4.69, 9.17) is 14.2 Å². The van der Waals surface area contributed by atoms with Crippen LogP contribution in [-0.4, -0.2) is 61.4 Å². The molecule has 2 unspecified atom stereocenters. The number of methoxy groups -OCH3 is 1. The van der Waals surface area contributed by atoms with Crippen LogP contribution in [0.3, 0.4) is 0 Å². The zero-order chi connectivity index (χ0) is 31.6. The average molecular weight is 608 g/mol. The van der Waals surface area contributed by atoms with Crippen molar-refractivity contribution in [1.82, 2.24) is 14.9 Å². The Morgan fingerprint density at radius 2 is 2.02 bits per heavy atom. The number of carbonyl (C=O) groups is 1. The minimum Gasteiger partial charge on any atom is -0.496 e. The summed E-state index contributed by atoms with van der Waals surface area (Å²) in [6, 6.07) is 12.1. The Hall–Kier alpha value is -3.92. The number of hydrogen-bond donors (Lipinski definition) is 1. The molecule has 10 heteroatoms. The molecule has 0 aliphatic carbocycles. The van der Waals surface area contributed by atoms with E-state index < -0.39 is 18.0 Å². The fourth-order valence-electron chi connectivity index (χ4n) is 5.51. The van der Waals surface area contributed by atoms with E-state index in [2.05, 4.69) is 34.2 Å². The van der Waals surface area contributed by atoms with E-state index in [1.807, 2.05) is 39.0 Å². The second-order valence-electron chi connectivity index (χ2n) is 11.8. The smallest absolute Gasteiger partial charge is 0.416 e. The van der Waals surface area contributed by atoms with Crippen molar-refractivity contribution in [2.45, 2.75) is 59.5 Å². The molecule has 1 amide bonds. The molecule has 1 fully saturated rings. The lowest BCUT2D eigenvalue weighted by molar-refractivity contribution is 0.0756. The van der Waals surface area contributed by atoms with Crippen molar-refractivity contribution in [3.05, 3.63) is 65.6 Å². The highest BCUT2D eigenvalue weighted by Crippen LogP contribution is 2.34. The number of benzene rings is 2. The van der Waals surface area contributed by atoms with Crippen molar-refractivity contribution in [2.75, 3.05) is 50.6 Å². The van der Waals surface area contributed by atoms with E-state index in [1.54, 1.807) is 31.5 Å². The van der Waals surface area contributed by atoms with Crippen LogP contribution >= 0.6 is 0 Å². The van der Waals surface area contributed by atoms with Crippen LogP contribution in [0.15, 0.2) is 48.7 Å². The highest BCUT2D eigenvalue weighted by Gasteiger charge is 2.28. The minimum absolute atomic E-state index is 0.0197. The molecular weight excluding hydrogens is 561 g/mol. The number of unbranched alkanes of at least 4 members (excludes halogenated alkanes) is 1. The van der Waals surface area contributed by atoms with Gasteiger partial charge in [-0.05, 0) is 81.1 Å². The summed E-state index contributed by atoms with van der Waals surface area (Å²) in [4.78, 5) is 26.4. The summed E-state index contributed by atoms with van der Waals surface area (Å²) in [6.45, 7) is 11.0. The van der Waals surface area contributed by atoms with Crippen LogP contribution in [0.2, 0.25) is 0 Å². The summed E-state index contributed by atoms with van der Waals surface area (Å²) in [6.07, 6.45) is 4.44. The van der Waals surface area contributed by atoms with Crippen LogP contribution in [0.4, 0.5) is 26.6 Å². The quantitative estimate of drug-likeness (QED) is 0.213. The highest BCUT2D eigenvalue weighted by atomic mass is 19.1. The Kier molecular flexibility index (Phi) is 11.8. The summed E-state index contributed by atoms with van der Waals surface area (Å²) >= 11 is 0. The molecule has 9 nitrogen and oxygen atoms in total. The standard InChI is InChI=1S/C34H46FN5O4/c1-7-8-19-40(34(41)44-32(23(2)3)27-12-9-13-29(42-6)24(27)4)31-16-17-36-33(38-31)37-26-14-15-30(28(35)20-26)43-22-25-11-10-18-39(5)21-25/h9,12-17,20,23,25,32H,7-8,10-11,18-19,21-22H2,1-6H3,(H,36,37,38). The van der Waals surface area contributed by atoms with Gasteiger partial charge in [-0.1, -0.05) is 39.3 Å². The van der Waals surface area contributed by atoms with Crippen molar-refractivity contribution in [1.29, 1.82) is 0 Å². The van der Waals surface area contributed by atoms with E-state index in [-0.39, 0.29) is 17.6 Å². The number of amides is 1. The molecule has 1 saturated heterocycles. The maximum absolute atomic E-state index is 14.9. The Bertz CT molecular complexity index is 1390. The second-order valence-corrected chi connectivity index (χ2v) is 11.8. The molecule has 0 bridgehead atoms. The molecule has 44 heavy (non-hydrogen) atoms. The molecule has 2 heterocycles. The number of nitrogens with one attached hydrogen (secondary N) is 1. The third-order valence-electron chi connectivity index (χ3n) is 7.94. The van der Waals surface area contributed by atoms with Crippen molar-refractivity contribution in [2.24, 2.45) is 11.8 Å². The molecule has 1 aliphatic heterocycles. The summed E-state index contributed by atoms with van der Waals surface area (Å²) in [5.41, 5.74) is 2.30. The Labute approximate surface area is 260 Å². The first-order chi connectivity index (χ1) is 21.2. The predicted octanol–water partition coefficient (Wildman–Crippen LogP) is 7.54. The summed E-state index contributed by atoms with van der Waals surface area (Å²) < 4.78 is 32.4. The molecule has 2 atom stereocenters. The normalized spacial score (nSPS) is 16.0. The van der Waals surface area contributed by atoms with E-state index in [0.29, 0.717) is 30.6 Å². The number of ether oxygens (including phenoxy) is 3. The first-order valence-corrected chi connectivity index (χ1v) is 15.5. The van der Waals surface area contributed by atoms with Crippen molar-refractivity contribution < 1.29 is 23.4 Å². The van der Waals surface area contributed by atoms with Gasteiger partial charge in [0.15, 0.2) is 11.6 Å². The maximum Gasteiger partial charge on any atom is 0.416 e. The zero-order valence-electron chi connectivity index (χ0n) is 26.8. The molecule has 4 rings (SSSR count). The third-order valence-corrected chi connectivity index (χ3v) is 7.94. The predicted molar refractivity (Wildman–Crippen MR) is 171 cm³/mol. The number of rotatable bonds is 13. The lowest BCUT2D eigenvalue weighted by Crippen LogP contribution is -2.35. The summed E-state index contributed by atoms with van der Waals surface area (Å²) in [5, 5.41) is 3.06. The molecule has 2 aromatic carbocycles. The van der Waals surface area contributed by atoms with E-state index in [1.165, 1.54) is 11.0 Å². The molecule has 0 spiro atoms. The van der Waals surface area contributed by atoms with Crippen molar-refractivity contribution in [3.63, 3.8) is 0 Å². The molecule has 0 radical (unpaired) electrons. The van der Waals surface area contributed by atoms with E-state index in [9.17, 15) is 9.18 Å². The number of anilines is 3. The molecule has 1 aromatic heterocycles. The van der Waals surface area contributed by atoms with Crippen molar-refractivity contribution >= 4 is 23.5 Å². The fraction of sp³-hybridized carbons (Fsp3) is 0.500.